The van der Waals surface area contributed by atoms with Crippen LogP contribution in [0.25, 0.3) is 0 Å². The molecule has 0 aliphatic rings. The van der Waals surface area contributed by atoms with Crippen molar-refractivity contribution < 1.29 is 17.3 Å². The van der Waals surface area contributed by atoms with Gasteiger partial charge in [-0.25, -0.2) is 0 Å². The van der Waals surface area contributed by atoms with Gasteiger partial charge in [0.1, 0.15) is 0 Å². The second-order valence-corrected chi connectivity index (χ2v) is 6.95. The molecule has 1 aromatic carbocycles. The number of ether oxygens (including phenoxy) is 1. The summed E-state index contributed by atoms with van der Waals surface area (Å²) in [5, 5.41) is 3.33. The normalized spacial score (nSPS) is 13.2. The average molecular weight is 329 g/mol. The number of benzene rings is 1. The molecule has 0 saturated carbocycles. The van der Waals surface area contributed by atoms with Crippen LogP contribution in [0.4, 0.5) is 0 Å². The van der Waals surface area contributed by atoms with E-state index in [1.54, 1.807) is 0 Å². The summed E-state index contributed by atoms with van der Waals surface area (Å²) < 4.78 is 32.7. The van der Waals surface area contributed by atoms with E-state index in [2.05, 4.69) is 12.2 Å². The summed E-state index contributed by atoms with van der Waals surface area (Å²) in [5.41, 5.74) is 1.15. The molecule has 0 aliphatic heterocycles. The van der Waals surface area contributed by atoms with E-state index in [4.69, 9.17) is 8.92 Å². The summed E-state index contributed by atoms with van der Waals surface area (Å²) in [5.74, 6) is 0. The van der Waals surface area contributed by atoms with Crippen LogP contribution in [0.2, 0.25) is 0 Å². The maximum atomic E-state index is 11.1. The van der Waals surface area contributed by atoms with E-state index in [0.717, 1.165) is 31.3 Å². The lowest BCUT2D eigenvalue weighted by molar-refractivity contribution is 0.114. The van der Waals surface area contributed by atoms with Gasteiger partial charge in [-0.05, 0) is 18.4 Å². The quantitative estimate of drug-likeness (QED) is 0.471. The van der Waals surface area contributed by atoms with E-state index >= 15 is 0 Å². The molecule has 0 fully saturated rings. The fourth-order valence-electron chi connectivity index (χ4n) is 1.88. The molecule has 1 rings (SSSR count). The van der Waals surface area contributed by atoms with Crippen molar-refractivity contribution in [1.82, 2.24) is 5.32 Å². The predicted octanol–water partition coefficient (Wildman–Crippen LogP) is 2.33. The van der Waals surface area contributed by atoms with Gasteiger partial charge >= 0.3 is 0 Å². The Hall–Kier alpha value is -0.950. The molecule has 5 nitrogen and oxygen atoms in total. The fraction of sp³-hybridized carbons (Fsp3) is 0.625. The molecule has 0 bridgehead atoms. The third kappa shape index (κ3) is 9.89. The lowest BCUT2D eigenvalue weighted by atomic mass is 10.2. The van der Waals surface area contributed by atoms with Gasteiger partial charge in [0.15, 0.2) is 0 Å². The molecule has 1 aromatic rings. The first-order valence-electron chi connectivity index (χ1n) is 7.70. The molecular formula is C16H27NO4S. The van der Waals surface area contributed by atoms with Crippen LogP contribution in [-0.2, 0) is 25.6 Å². The zero-order valence-electron chi connectivity index (χ0n) is 13.5. The van der Waals surface area contributed by atoms with Gasteiger partial charge in [-0.2, -0.15) is 8.42 Å². The number of unbranched alkanes of at least 4 members (excludes halogenated alkanes) is 1. The second kappa shape index (κ2) is 10.7. The van der Waals surface area contributed by atoms with Crippen LogP contribution in [0.1, 0.15) is 31.7 Å². The van der Waals surface area contributed by atoms with E-state index in [9.17, 15) is 8.42 Å². The Morgan fingerprint density at radius 3 is 2.55 bits per heavy atom. The second-order valence-electron chi connectivity index (χ2n) is 5.31. The standard InChI is InChI=1S/C16H27NO4S/c1-3-4-11-20-12-10-16(14-21-22(2,18)19)17-13-15-8-6-5-7-9-15/h5-9,16-17H,3-4,10-14H2,1-2H3/t16-/m0/s1. The van der Waals surface area contributed by atoms with Crippen molar-refractivity contribution in [1.29, 1.82) is 0 Å². The number of nitrogens with one attached hydrogen (secondary N) is 1. The smallest absolute Gasteiger partial charge is 0.264 e. The van der Waals surface area contributed by atoms with E-state index < -0.39 is 10.1 Å². The minimum absolute atomic E-state index is 0.0587. The van der Waals surface area contributed by atoms with Gasteiger partial charge < -0.3 is 10.1 Å². The Bertz CT molecular complexity index is 490. The lowest BCUT2D eigenvalue weighted by Gasteiger charge is -2.18. The Balaban J connectivity index is 2.39. The molecule has 0 unspecified atom stereocenters. The third-order valence-electron chi connectivity index (χ3n) is 3.17. The predicted molar refractivity (Wildman–Crippen MR) is 88.2 cm³/mol. The molecular weight excluding hydrogens is 302 g/mol. The Labute approximate surface area is 134 Å². The molecule has 1 atom stereocenters. The van der Waals surface area contributed by atoms with Crippen molar-refractivity contribution in [2.75, 3.05) is 26.1 Å². The molecule has 0 saturated heterocycles. The van der Waals surface area contributed by atoms with Gasteiger partial charge in [-0.15, -0.1) is 0 Å². The van der Waals surface area contributed by atoms with Crippen molar-refractivity contribution in [2.24, 2.45) is 0 Å². The summed E-state index contributed by atoms with van der Waals surface area (Å²) in [6.45, 7) is 4.26. The van der Waals surface area contributed by atoms with Crippen molar-refractivity contribution >= 4 is 10.1 Å². The van der Waals surface area contributed by atoms with Crippen molar-refractivity contribution in [2.45, 2.75) is 38.8 Å². The topological polar surface area (TPSA) is 64.6 Å². The molecule has 0 aromatic heterocycles. The molecule has 0 radical (unpaired) electrons. The minimum atomic E-state index is -3.42. The van der Waals surface area contributed by atoms with Crippen LogP contribution in [0.5, 0.6) is 0 Å². The largest absolute Gasteiger partial charge is 0.381 e. The van der Waals surface area contributed by atoms with E-state index in [0.29, 0.717) is 19.6 Å². The maximum absolute atomic E-state index is 11.1. The van der Waals surface area contributed by atoms with Gasteiger partial charge in [-0.3, -0.25) is 4.18 Å². The molecule has 0 heterocycles. The highest BCUT2D eigenvalue weighted by Gasteiger charge is 2.12. The van der Waals surface area contributed by atoms with Gasteiger partial charge in [-0.1, -0.05) is 43.7 Å². The average Bonchev–Trinajstić information content (AvgIpc) is 2.49. The highest BCUT2D eigenvalue weighted by Crippen LogP contribution is 2.03. The number of hydrogen-bond acceptors (Lipinski definition) is 5. The van der Waals surface area contributed by atoms with E-state index in [1.165, 1.54) is 0 Å². The van der Waals surface area contributed by atoms with Crippen LogP contribution >= 0.6 is 0 Å². The van der Waals surface area contributed by atoms with Crippen LogP contribution < -0.4 is 5.32 Å². The SMILES string of the molecule is CCCCOCC[C@@H](COS(C)(=O)=O)NCc1ccccc1. The summed E-state index contributed by atoms with van der Waals surface area (Å²) >= 11 is 0. The van der Waals surface area contributed by atoms with Gasteiger partial charge in [0, 0.05) is 25.8 Å². The van der Waals surface area contributed by atoms with Crippen LogP contribution in [0.15, 0.2) is 30.3 Å². The third-order valence-corrected chi connectivity index (χ3v) is 3.74. The molecule has 126 valence electrons. The van der Waals surface area contributed by atoms with Crippen LogP contribution in [0, 0.1) is 0 Å². The Kier molecular flexibility index (Phi) is 9.31. The summed E-state index contributed by atoms with van der Waals surface area (Å²) in [4.78, 5) is 0. The fourth-order valence-corrected chi connectivity index (χ4v) is 2.29. The molecule has 0 spiro atoms. The minimum Gasteiger partial charge on any atom is -0.381 e. The molecule has 0 aliphatic carbocycles. The Morgan fingerprint density at radius 1 is 1.18 bits per heavy atom. The number of rotatable bonds is 12. The Morgan fingerprint density at radius 2 is 1.91 bits per heavy atom. The molecule has 6 heteroatoms. The first-order valence-corrected chi connectivity index (χ1v) is 9.52. The first kappa shape index (κ1) is 19.1. The first-order chi connectivity index (χ1) is 10.5. The maximum Gasteiger partial charge on any atom is 0.264 e. The highest BCUT2D eigenvalue weighted by atomic mass is 32.2. The van der Waals surface area contributed by atoms with Gasteiger partial charge in [0.2, 0.25) is 0 Å². The van der Waals surface area contributed by atoms with Crippen LogP contribution in [-0.4, -0.2) is 40.5 Å². The number of hydrogen-bond donors (Lipinski definition) is 1. The summed E-state index contributed by atoms with van der Waals surface area (Å²) in [7, 11) is -3.42. The van der Waals surface area contributed by atoms with E-state index in [-0.39, 0.29) is 12.6 Å². The molecule has 22 heavy (non-hydrogen) atoms. The molecule has 1 N–H and O–H groups in total. The van der Waals surface area contributed by atoms with Gasteiger partial charge in [0.25, 0.3) is 10.1 Å². The molecule has 0 amide bonds. The van der Waals surface area contributed by atoms with Gasteiger partial charge in [0.05, 0.1) is 12.9 Å². The van der Waals surface area contributed by atoms with Crippen molar-refractivity contribution in [3.63, 3.8) is 0 Å². The van der Waals surface area contributed by atoms with Crippen LogP contribution in [0.3, 0.4) is 0 Å². The van der Waals surface area contributed by atoms with E-state index in [1.807, 2.05) is 30.3 Å². The van der Waals surface area contributed by atoms with Crippen molar-refractivity contribution in [3.8, 4) is 0 Å². The zero-order chi connectivity index (χ0) is 16.3. The summed E-state index contributed by atoms with van der Waals surface area (Å²) in [6.07, 6.45) is 3.93. The highest BCUT2D eigenvalue weighted by molar-refractivity contribution is 7.85. The summed E-state index contributed by atoms with van der Waals surface area (Å²) in [6, 6.07) is 9.92. The van der Waals surface area contributed by atoms with Crippen molar-refractivity contribution in [3.05, 3.63) is 35.9 Å². The zero-order valence-corrected chi connectivity index (χ0v) is 14.3. The monoisotopic (exact) mass is 329 g/mol. The lowest BCUT2D eigenvalue weighted by Crippen LogP contribution is -2.35.